The Bertz CT molecular complexity index is 582. The van der Waals surface area contributed by atoms with E-state index in [1.807, 2.05) is 42.5 Å². The first-order valence-corrected chi connectivity index (χ1v) is 6.80. The first-order chi connectivity index (χ1) is 10.1. The molecule has 0 radical (unpaired) electrons. The number of nitrogens with one attached hydrogen (secondary N) is 1. The molecule has 0 saturated carbocycles. The predicted molar refractivity (Wildman–Crippen MR) is 84.0 cm³/mol. The Labute approximate surface area is 125 Å². The summed E-state index contributed by atoms with van der Waals surface area (Å²) < 4.78 is 10.5. The first-order valence-electron chi connectivity index (χ1n) is 6.80. The van der Waals surface area contributed by atoms with Gasteiger partial charge in [-0.2, -0.15) is 0 Å². The average Bonchev–Trinajstić information content (AvgIpc) is 2.53. The van der Waals surface area contributed by atoms with Gasteiger partial charge in [-0.15, -0.1) is 0 Å². The summed E-state index contributed by atoms with van der Waals surface area (Å²) in [5, 5.41) is 13.8. The Morgan fingerprint density at radius 2 is 1.76 bits per heavy atom. The quantitative estimate of drug-likeness (QED) is 0.857. The van der Waals surface area contributed by atoms with Gasteiger partial charge in [0.1, 0.15) is 17.1 Å². The molecule has 0 aliphatic rings. The van der Waals surface area contributed by atoms with Gasteiger partial charge in [0.05, 0.1) is 19.9 Å². The highest BCUT2D eigenvalue weighted by Gasteiger charge is 2.22. The topological polar surface area (TPSA) is 50.7 Å². The summed E-state index contributed by atoms with van der Waals surface area (Å²) in [5.74, 6) is 1.41. The van der Waals surface area contributed by atoms with E-state index in [0.717, 1.165) is 17.0 Å². The molecular formula is C17H21NO3. The third kappa shape index (κ3) is 3.67. The predicted octanol–water partition coefficient (Wildman–Crippen LogP) is 3.02. The zero-order valence-corrected chi connectivity index (χ0v) is 12.6. The number of benzene rings is 2. The van der Waals surface area contributed by atoms with Gasteiger partial charge in [0.15, 0.2) is 0 Å². The molecule has 4 heteroatoms. The fraction of sp³-hybridized carbons (Fsp3) is 0.294. The van der Waals surface area contributed by atoms with Gasteiger partial charge < -0.3 is 19.9 Å². The van der Waals surface area contributed by atoms with Crippen LogP contribution in [0.15, 0.2) is 48.5 Å². The third-order valence-electron chi connectivity index (χ3n) is 3.43. The van der Waals surface area contributed by atoms with Crippen molar-refractivity contribution in [1.82, 2.24) is 0 Å². The maximum atomic E-state index is 10.6. The summed E-state index contributed by atoms with van der Waals surface area (Å²) in [6.45, 7) is 2.16. The second kappa shape index (κ2) is 6.50. The molecular weight excluding hydrogens is 266 g/mol. The minimum absolute atomic E-state index is 0.375. The number of hydrogen-bond acceptors (Lipinski definition) is 4. The van der Waals surface area contributed by atoms with Crippen LogP contribution < -0.4 is 14.8 Å². The summed E-state index contributed by atoms with van der Waals surface area (Å²) in [7, 11) is 3.22. The highest BCUT2D eigenvalue weighted by Crippen LogP contribution is 2.30. The van der Waals surface area contributed by atoms with E-state index in [-0.39, 0.29) is 0 Å². The maximum Gasteiger partial charge on any atom is 0.145 e. The van der Waals surface area contributed by atoms with Gasteiger partial charge in [-0.1, -0.05) is 30.3 Å². The largest absolute Gasteiger partial charge is 0.497 e. The second-order valence-corrected chi connectivity index (χ2v) is 5.06. The molecule has 21 heavy (non-hydrogen) atoms. The summed E-state index contributed by atoms with van der Waals surface area (Å²) in [6.07, 6.45) is 0. The minimum Gasteiger partial charge on any atom is -0.497 e. The van der Waals surface area contributed by atoms with Gasteiger partial charge in [0, 0.05) is 12.6 Å². The summed E-state index contributed by atoms with van der Waals surface area (Å²) in [5.41, 5.74) is 0.714. The van der Waals surface area contributed by atoms with Gasteiger partial charge in [0.2, 0.25) is 0 Å². The highest BCUT2D eigenvalue weighted by molar-refractivity contribution is 5.59. The molecule has 0 saturated heterocycles. The molecule has 2 aromatic carbocycles. The highest BCUT2D eigenvalue weighted by atomic mass is 16.5. The number of anilines is 1. The molecule has 2 rings (SSSR count). The van der Waals surface area contributed by atoms with E-state index in [4.69, 9.17) is 9.47 Å². The van der Waals surface area contributed by atoms with Gasteiger partial charge in [0.25, 0.3) is 0 Å². The van der Waals surface area contributed by atoms with Crippen LogP contribution in [-0.2, 0) is 5.60 Å². The lowest BCUT2D eigenvalue weighted by atomic mass is 9.96. The molecule has 0 amide bonds. The second-order valence-electron chi connectivity index (χ2n) is 5.06. The van der Waals surface area contributed by atoms with Crippen molar-refractivity contribution in [3.8, 4) is 11.5 Å². The fourth-order valence-electron chi connectivity index (χ4n) is 2.11. The van der Waals surface area contributed by atoms with Crippen LogP contribution in [0.4, 0.5) is 5.69 Å². The molecule has 0 aromatic heterocycles. The number of aliphatic hydroxyl groups is 1. The Hall–Kier alpha value is -2.20. The molecule has 0 heterocycles. The molecule has 0 aliphatic heterocycles. The molecule has 2 aromatic rings. The van der Waals surface area contributed by atoms with Crippen LogP contribution in [0, 0.1) is 0 Å². The van der Waals surface area contributed by atoms with Crippen LogP contribution in [0.2, 0.25) is 0 Å². The fourth-order valence-corrected chi connectivity index (χ4v) is 2.11. The number of rotatable bonds is 6. The van der Waals surface area contributed by atoms with Crippen molar-refractivity contribution in [2.45, 2.75) is 12.5 Å². The van der Waals surface area contributed by atoms with Crippen molar-refractivity contribution in [3.05, 3.63) is 54.1 Å². The average molecular weight is 287 g/mol. The van der Waals surface area contributed by atoms with E-state index in [2.05, 4.69) is 5.32 Å². The first kappa shape index (κ1) is 15.2. The third-order valence-corrected chi connectivity index (χ3v) is 3.43. The number of ether oxygens (including phenoxy) is 2. The smallest absolute Gasteiger partial charge is 0.145 e. The van der Waals surface area contributed by atoms with E-state index >= 15 is 0 Å². The molecule has 2 N–H and O–H groups in total. The Morgan fingerprint density at radius 1 is 1.05 bits per heavy atom. The van der Waals surface area contributed by atoms with E-state index < -0.39 is 5.60 Å². The Kier molecular flexibility index (Phi) is 4.70. The molecule has 1 unspecified atom stereocenters. The lowest BCUT2D eigenvalue weighted by Gasteiger charge is -2.25. The monoisotopic (exact) mass is 287 g/mol. The standard InChI is InChI=1S/C17H21NO3/c1-17(19,13-7-5-4-6-8-13)12-18-15-10-9-14(20-2)11-16(15)21-3/h4-11,18-19H,12H2,1-3H3. The van der Waals surface area contributed by atoms with Crippen LogP contribution >= 0.6 is 0 Å². The Morgan fingerprint density at radius 3 is 2.38 bits per heavy atom. The molecule has 1 atom stereocenters. The van der Waals surface area contributed by atoms with E-state index in [1.54, 1.807) is 27.2 Å². The van der Waals surface area contributed by atoms with Crippen molar-refractivity contribution in [3.63, 3.8) is 0 Å². The summed E-state index contributed by atoms with van der Waals surface area (Å²) >= 11 is 0. The normalized spacial score (nSPS) is 13.3. The number of methoxy groups -OCH3 is 2. The van der Waals surface area contributed by atoms with Gasteiger partial charge in [-0.25, -0.2) is 0 Å². The van der Waals surface area contributed by atoms with Crippen LogP contribution in [0.1, 0.15) is 12.5 Å². The molecule has 0 aliphatic carbocycles. The van der Waals surface area contributed by atoms with Gasteiger partial charge in [-0.05, 0) is 24.6 Å². The Balaban J connectivity index is 2.12. The molecule has 0 bridgehead atoms. The van der Waals surface area contributed by atoms with Crippen molar-refractivity contribution in [2.24, 2.45) is 0 Å². The maximum absolute atomic E-state index is 10.6. The molecule has 0 fully saturated rings. The summed E-state index contributed by atoms with van der Waals surface area (Å²) in [4.78, 5) is 0. The van der Waals surface area contributed by atoms with Gasteiger partial charge in [-0.3, -0.25) is 0 Å². The SMILES string of the molecule is COc1ccc(NCC(C)(O)c2ccccc2)c(OC)c1. The van der Waals surface area contributed by atoms with E-state index in [9.17, 15) is 5.11 Å². The van der Waals surface area contributed by atoms with E-state index in [1.165, 1.54) is 0 Å². The zero-order chi connectivity index (χ0) is 15.3. The minimum atomic E-state index is -0.966. The lowest BCUT2D eigenvalue weighted by Crippen LogP contribution is -2.30. The van der Waals surface area contributed by atoms with Crippen LogP contribution in [0.3, 0.4) is 0 Å². The van der Waals surface area contributed by atoms with Gasteiger partial charge >= 0.3 is 0 Å². The summed E-state index contributed by atoms with van der Waals surface area (Å²) in [6, 6.07) is 15.1. The molecule has 112 valence electrons. The van der Waals surface area contributed by atoms with E-state index in [0.29, 0.717) is 12.3 Å². The number of hydrogen-bond donors (Lipinski definition) is 2. The van der Waals surface area contributed by atoms with Crippen molar-refractivity contribution < 1.29 is 14.6 Å². The van der Waals surface area contributed by atoms with Crippen molar-refractivity contribution in [1.29, 1.82) is 0 Å². The lowest BCUT2D eigenvalue weighted by molar-refractivity contribution is 0.0715. The molecule has 0 spiro atoms. The van der Waals surface area contributed by atoms with Crippen molar-refractivity contribution in [2.75, 3.05) is 26.1 Å². The molecule has 4 nitrogen and oxygen atoms in total. The van der Waals surface area contributed by atoms with Crippen LogP contribution in [0.25, 0.3) is 0 Å². The van der Waals surface area contributed by atoms with Crippen molar-refractivity contribution >= 4 is 5.69 Å². The van der Waals surface area contributed by atoms with Crippen LogP contribution in [-0.4, -0.2) is 25.9 Å². The zero-order valence-electron chi connectivity index (χ0n) is 12.6. The van der Waals surface area contributed by atoms with Crippen LogP contribution in [0.5, 0.6) is 11.5 Å².